The summed E-state index contributed by atoms with van der Waals surface area (Å²) in [4.78, 5) is 6.99. The summed E-state index contributed by atoms with van der Waals surface area (Å²) < 4.78 is 40.0. The van der Waals surface area contributed by atoms with Gasteiger partial charge in [0.1, 0.15) is 5.82 Å². The highest BCUT2D eigenvalue weighted by molar-refractivity contribution is 7.89. The highest BCUT2D eigenvalue weighted by Crippen LogP contribution is 2.30. The van der Waals surface area contributed by atoms with Crippen LogP contribution in [0, 0.1) is 12.7 Å². The van der Waals surface area contributed by atoms with E-state index in [0.717, 1.165) is 16.4 Å². The molecule has 0 radical (unpaired) electrons. The lowest BCUT2D eigenvalue weighted by Gasteiger charge is -2.33. The summed E-state index contributed by atoms with van der Waals surface area (Å²) in [6, 6.07) is 13.1. The number of benzene rings is 2. The van der Waals surface area contributed by atoms with Gasteiger partial charge in [-0.2, -0.15) is 4.31 Å². The van der Waals surface area contributed by atoms with Crippen LogP contribution in [-0.4, -0.2) is 43.9 Å². The van der Waals surface area contributed by atoms with Crippen LogP contribution in [0.5, 0.6) is 0 Å². The molecule has 2 heterocycles. The molecule has 0 saturated carbocycles. The van der Waals surface area contributed by atoms with E-state index in [0.29, 0.717) is 26.2 Å². The lowest BCUT2D eigenvalue weighted by molar-refractivity contribution is 0.384. The van der Waals surface area contributed by atoms with E-state index in [2.05, 4.69) is 24.0 Å². The fraction of sp³-hybridized carbons (Fsp3) is 0.250. The molecule has 28 heavy (non-hydrogen) atoms. The van der Waals surface area contributed by atoms with E-state index in [9.17, 15) is 12.8 Å². The molecule has 4 rings (SSSR count). The first kappa shape index (κ1) is 19.0. The molecule has 1 aliphatic rings. The van der Waals surface area contributed by atoms with Crippen molar-refractivity contribution in [1.82, 2.24) is 9.29 Å². The van der Waals surface area contributed by atoms with Gasteiger partial charge in [-0.3, -0.25) is 0 Å². The number of piperazine rings is 1. The number of hydrogen-bond donors (Lipinski definition) is 0. The molecule has 0 atom stereocenters. The normalized spacial score (nSPS) is 15.7. The first-order chi connectivity index (χ1) is 13.4. The van der Waals surface area contributed by atoms with Crippen molar-refractivity contribution < 1.29 is 12.8 Å². The quantitative estimate of drug-likeness (QED) is 0.649. The van der Waals surface area contributed by atoms with Gasteiger partial charge < -0.3 is 4.90 Å². The number of aryl methyl sites for hydroxylation is 1. The van der Waals surface area contributed by atoms with E-state index in [1.807, 2.05) is 17.5 Å². The van der Waals surface area contributed by atoms with Gasteiger partial charge in [-0.1, -0.05) is 24.3 Å². The van der Waals surface area contributed by atoms with Gasteiger partial charge in [0, 0.05) is 37.1 Å². The Balaban J connectivity index is 1.46. The van der Waals surface area contributed by atoms with Gasteiger partial charge in [-0.05, 0) is 36.8 Å². The number of nitrogens with zero attached hydrogens (tertiary/aromatic N) is 3. The molecule has 1 saturated heterocycles. The van der Waals surface area contributed by atoms with Crippen molar-refractivity contribution in [3.63, 3.8) is 0 Å². The van der Waals surface area contributed by atoms with Gasteiger partial charge in [-0.25, -0.2) is 17.8 Å². The van der Waals surface area contributed by atoms with Gasteiger partial charge in [0.2, 0.25) is 10.0 Å². The zero-order valence-electron chi connectivity index (χ0n) is 15.4. The molecule has 0 aliphatic carbocycles. The molecule has 1 fully saturated rings. The zero-order valence-corrected chi connectivity index (χ0v) is 17.0. The van der Waals surface area contributed by atoms with Crippen LogP contribution < -0.4 is 4.90 Å². The Bertz CT molecular complexity index is 1070. The van der Waals surface area contributed by atoms with Crippen LogP contribution in [0.1, 0.15) is 5.56 Å². The number of aromatic nitrogens is 1. The Morgan fingerprint density at radius 1 is 1.00 bits per heavy atom. The SMILES string of the molecule is Cc1ccccc1-c1csc(N2CCN(S(=O)(=O)c3ccc(F)cc3)CC2)n1. The second-order valence-electron chi connectivity index (χ2n) is 6.68. The van der Waals surface area contributed by atoms with Crippen LogP contribution in [-0.2, 0) is 10.0 Å². The average molecular weight is 418 g/mol. The number of thiazole rings is 1. The maximum atomic E-state index is 13.1. The zero-order chi connectivity index (χ0) is 19.7. The van der Waals surface area contributed by atoms with Crippen molar-refractivity contribution in [2.24, 2.45) is 0 Å². The minimum Gasteiger partial charge on any atom is -0.345 e. The van der Waals surface area contributed by atoms with Gasteiger partial charge in [0.15, 0.2) is 5.13 Å². The van der Waals surface area contributed by atoms with Crippen molar-refractivity contribution in [2.45, 2.75) is 11.8 Å². The summed E-state index contributed by atoms with van der Waals surface area (Å²) in [5, 5.41) is 2.94. The summed E-state index contributed by atoms with van der Waals surface area (Å²) in [5.41, 5.74) is 3.23. The van der Waals surface area contributed by atoms with E-state index in [1.165, 1.54) is 34.1 Å². The third-order valence-electron chi connectivity index (χ3n) is 4.87. The molecule has 3 aromatic rings. The lowest BCUT2D eigenvalue weighted by Crippen LogP contribution is -2.48. The fourth-order valence-electron chi connectivity index (χ4n) is 3.27. The van der Waals surface area contributed by atoms with Crippen LogP contribution in [0.3, 0.4) is 0 Å². The summed E-state index contributed by atoms with van der Waals surface area (Å²) in [6.07, 6.45) is 0. The molecule has 0 bridgehead atoms. The molecule has 0 spiro atoms. The predicted molar refractivity (Wildman–Crippen MR) is 110 cm³/mol. The molecule has 5 nitrogen and oxygen atoms in total. The molecule has 0 N–H and O–H groups in total. The summed E-state index contributed by atoms with van der Waals surface area (Å²) in [6.45, 7) is 3.95. The molecule has 146 valence electrons. The first-order valence-corrected chi connectivity index (χ1v) is 11.3. The molecular weight excluding hydrogens is 397 g/mol. The number of rotatable bonds is 4. The highest BCUT2D eigenvalue weighted by atomic mass is 32.2. The molecule has 0 unspecified atom stereocenters. The topological polar surface area (TPSA) is 53.5 Å². The minimum atomic E-state index is -3.60. The second kappa shape index (κ2) is 7.62. The van der Waals surface area contributed by atoms with Gasteiger partial charge >= 0.3 is 0 Å². The highest BCUT2D eigenvalue weighted by Gasteiger charge is 2.29. The molecule has 8 heteroatoms. The molecule has 2 aromatic carbocycles. The van der Waals surface area contributed by atoms with Crippen LogP contribution >= 0.6 is 11.3 Å². The van der Waals surface area contributed by atoms with Gasteiger partial charge in [0.05, 0.1) is 10.6 Å². The van der Waals surface area contributed by atoms with Gasteiger partial charge in [0.25, 0.3) is 0 Å². The molecule has 0 amide bonds. The maximum Gasteiger partial charge on any atom is 0.243 e. The molecule has 1 aromatic heterocycles. The maximum absolute atomic E-state index is 13.1. The van der Waals surface area contributed by atoms with E-state index < -0.39 is 15.8 Å². The van der Waals surface area contributed by atoms with Crippen molar-refractivity contribution in [2.75, 3.05) is 31.1 Å². The van der Waals surface area contributed by atoms with Crippen LogP contribution in [0.15, 0.2) is 58.8 Å². The summed E-state index contributed by atoms with van der Waals surface area (Å²) >= 11 is 1.57. The third-order valence-corrected chi connectivity index (χ3v) is 7.69. The average Bonchev–Trinajstić information content (AvgIpc) is 3.19. The van der Waals surface area contributed by atoms with E-state index >= 15 is 0 Å². The Kier molecular flexibility index (Phi) is 5.18. The van der Waals surface area contributed by atoms with E-state index in [1.54, 1.807) is 11.3 Å². The number of halogens is 1. The standard InChI is InChI=1S/C20H20FN3O2S2/c1-15-4-2-3-5-18(15)19-14-27-20(22-19)23-10-12-24(13-11-23)28(25,26)17-8-6-16(21)7-9-17/h2-9,14H,10-13H2,1H3. The molecular formula is C20H20FN3O2S2. The smallest absolute Gasteiger partial charge is 0.243 e. The first-order valence-electron chi connectivity index (χ1n) is 8.97. The van der Waals surface area contributed by atoms with Crippen LogP contribution in [0.4, 0.5) is 9.52 Å². The predicted octanol–water partition coefficient (Wildman–Crippen LogP) is 3.77. The summed E-state index contributed by atoms with van der Waals surface area (Å²) in [5.74, 6) is -0.447. The Morgan fingerprint density at radius 3 is 2.36 bits per heavy atom. The van der Waals surface area contributed by atoms with Crippen LogP contribution in [0.2, 0.25) is 0 Å². The van der Waals surface area contributed by atoms with Crippen molar-refractivity contribution in [3.8, 4) is 11.3 Å². The number of sulfonamides is 1. The number of anilines is 1. The Hall–Kier alpha value is -2.29. The largest absolute Gasteiger partial charge is 0.345 e. The van der Waals surface area contributed by atoms with Crippen molar-refractivity contribution in [3.05, 3.63) is 65.3 Å². The van der Waals surface area contributed by atoms with E-state index in [4.69, 9.17) is 4.98 Å². The Labute approximate surface area is 168 Å². The Morgan fingerprint density at radius 2 is 1.68 bits per heavy atom. The minimum absolute atomic E-state index is 0.124. The van der Waals surface area contributed by atoms with E-state index in [-0.39, 0.29) is 4.90 Å². The monoisotopic (exact) mass is 417 g/mol. The second-order valence-corrected chi connectivity index (χ2v) is 9.45. The fourth-order valence-corrected chi connectivity index (χ4v) is 5.57. The number of hydrogen-bond acceptors (Lipinski definition) is 5. The van der Waals surface area contributed by atoms with Crippen LogP contribution in [0.25, 0.3) is 11.3 Å². The van der Waals surface area contributed by atoms with Crippen molar-refractivity contribution >= 4 is 26.5 Å². The lowest BCUT2D eigenvalue weighted by atomic mass is 10.1. The van der Waals surface area contributed by atoms with Gasteiger partial charge in [-0.15, -0.1) is 11.3 Å². The van der Waals surface area contributed by atoms with Crippen molar-refractivity contribution in [1.29, 1.82) is 0 Å². The third kappa shape index (κ3) is 3.67. The molecule has 1 aliphatic heterocycles. The summed E-state index contributed by atoms with van der Waals surface area (Å²) in [7, 11) is -3.60.